The first-order valence-corrected chi connectivity index (χ1v) is 6.94. The second kappa shape index (κ2) is 5.83. The second-order valence-corrected chi connectivity index (χ2v) is 5.33. The van der Waals surface area contributed by atoms with Gasteiger partial charge in [0.2, 0.25) is 5.24 Å². The molecule has 1 fully saturated rings. The highest BCUT2D eigenvalue weighted by Crippen LogP contribution is 2.43. The van der Waals surface area contributed by atoms with Crippen LogP contribution in [0, 0.1) is 0 Å². The van der Waals surface area contributed by atoms with E-state index < -0.39 is 5.41 Å². The summed E-state index contributed by atoms with van der Waals surface area (Å²) in [6.07, 6.45) is 4.86. The van der Waals surface area contributed by atoms with Gasteiger partial charge in [-0.15, -0.1) is 0 Å². The lowest BCUT2D eigenvalue weighted by Gasteiger charge is -2.34. The maximum atomic E-state index is 12.0. The van der Waals surface area contributed by atoms with Gasteiger partial charge in [0.25, 0.3) is 0 Å². The largest absolute Gasteiger partial charge is 0.493 e. The molecule has 0 aliphatic heterocycles. The van der Waals surface area contributed by atoms with Crippen molar-refractivity contribution in [3.8, 4) is 11.5 Å². The van der Waals surface area contributed by atoms with Crippen LogP contribution in [0.5, 0.6) is 11.5 Å². The highest BCUT2D eigenvalue weighted by Gasteiger charge is 2.40. The molecule has 19 heavy (non-hydrogen) atoms. The molecule has 1 aromatic carbocycles. The molecule has 1 saturated carbocycles. The summed E-state index contributed by atoms with van der Waals surface area (Å²) < 4.78 is 10.5. The first-order chi connectivity index (χ1) is 9.14. The third-order valence-electron chi connectivity index (χ3n) is 4.02. The summed E-state index contributed by atoms with van der Waals surface area (Å²) in [5.74, 6) is 1.31. The van der Waals surface area contributed by atoms with E-state index >= 15 is 0 Å². The van der Waals surface area contributed by atoms with E-state index in [1.807, 2.05) is 18.2 Å². The fraction of sp³-hybridized carbons (Fsp3) is 0.533. The van der Waals surface area contributed by atoms with Crippen molar-refractivity contribution in [1.29, 1.82) is 0 Å². The molecule has 0 spiro atoms. The van der Waals surface area contributed by atoms with Crippen LogP contribution in [0.1, 0.15) is 37.7 Å². The summed E-state index contributed by atoms with van der Waals surface area (Å²) in [6.45, 7) is 0. The van der Waals surface area contributed by atoms with E-state index in [4.69, 9.17) is 21.1 Å². The minimum Gasteiger partial charge on any atom is -0.493 e. The molecule has 0 bridgehead atoms. The Morgan fingerprint density at radius 3 is 2.26 bits per heavy atom. The first kappa shape index (κ1) is 14.2. The summed E-state index contributed by atoms with van der Waals surface area (Å²) in [6, 6.07) is 5.64. The van der Waals surface area contributed by atoms with Crippen LogP contribution in [-0.4, -0.2) is 19.5 Å². The maximum absolute atomic E-state index is 12.0. The minimum absolute atomic E-state index is 0.264. The van der Waals surface area contributed by atoms with Gasteiger partial charge in [-0.1, -0.05) is 25.3 Å². The Morgan fingerprint density at radius 1 is 1.11 bits per heavy atom. The fourth-order valence-corrected chi connectivity index (χ4v) is 3.19. The molecule has 0 atom stereocenters. The van der Waals surface area contributed by atoms with Gasteiger partial charge in [-0.05, 0) is 42.1 Å². The number of hydrogen-bond donors (Lipinski definition) is 0. The van der Waals surface area contributed by atoms with Crippen molar-refractivity contribution in [3.63, 3.8) is 0 Å². The average molecular weight is 283 g/mol. The van der Waals surface area contributed by atoms with Crippen LogP contribution >= 0.6 is 11.6 Å². The van der Waals surface area contributed by atoms with E-state index in [2.05, 4.69) is 0 Å². The summed E-state index contributed by atoms with van der Waals surface area (Å²) in [7, 11) is 3.19. The normalized spacial score (nSPS) is 17.8. The van der Waals surface area contributed by atoms with E-state index in [9.17, 15) is 4.79 Å². The van der Waals surface area contributed by atoms with Crippen LogP contribution in [-0.2, 0) is 10.2 Å². The predicted octanol–water partition coefficient (Wildman–Crippen LogP) is 3.67. The lowest BCUT2D eigenvalue weighted by atomic mass is 9.70. The van der Waals surface area contributed by atoms with Gasteiger partial charge in [0.15, 0.2) is 11.5 Å². The van der Waals surface area contributed by atoms with Gasteiger partial charge < -0.3 is 9.47 Å². The van der Waals surface area contributed by atoms with Gasteiger partial charge in [-0.25, -0.2) is 0 Å². The summed E-state index contributed by atoms with van der Waals surface area (Å²) >= 11 is 5.91. The molecule has 0 unspecified atom stereocenters. The number of carbonyl (C=O) groups excluding carboxylic acids is 1. The van der Waals surface area contributed by atoms with Crippen molar-refractivity contribution in [2.75, 3.05) is 14.2 Å². The van der Waals surface area contributed by atoms with Crippen LogP contribution in [0.2, 0.25) is 0 Å². The Bertz CT molecular complexity index is 464. The molecule has 0 radical (unpaired) electrons. The van der Waals surface area contributed by atoms with Gasteiger partial charge in [0, 0.05) is 0 Å². The molecular weight excluding hydrogens is 264 g/mol. The Hall–Kier alpha value is -1.22. The van der Waals surface area contributed by atoms with E-state index in [-0.39, 0.29) is 5.24 Å². The smallest absolute Gasteiger partial charge is 0.232 e. The minimum atomic E-state index is -0.556. The SMILES string of the molecule is COc1ccc(C2(C(=O)Cl)CCCCC2)cc1OC. The highest BCUT2D eigenvalue weighted by atomic mass is 35.5. The Morgan fingerprint density at radius 2 is 1.74 bits per heavy atom. The molecule has 3 nitrogen and oxygen atoms in total. The van der Waals surface area contributed by atoms with Crippen LogP contribution in [0.25, 0.3) is 0 Å². The molecule has 1 aliphatic carbocycles. The number of carbonyl (C=O) groups is 1. The number of halogens is 1. The van der Waals surface area contributed by atoms with Crippen LogP contribution < -0.4 is 9.47 Å². The lowest BCUT2D eigenvalue weighted by molar-refractivity contribution is -0.117. The molecule has 0 amide bonds. The van der Waals surface area contributed by atoms with Gasteiger partial charge in [-0.3, -0.25) is 4.79 Å². The molecule has 0 aromatic heterocycles. The molecule has 0 N–H and O–H groups in total. The van der Waals surface area contributed by atoms with Crippen molar-refractivity contribution < 1.29 is 14.3 Å². The number of ether oxygens (including phenoxy) is 2. The van der Waals surface area contributed by atoms with Crippen molar-refractivity contribution in [1.82, 2.24) is 0 Å². The van der Waals surface area contributed by atoms with Crippen molar-refractivity contribution in [2.24, 2.45) is 0 Å². The fourth-order valence-electron chi connectivity index (χ4n) is 2.89. The van der Waals surface area contributed by atoms with Crippen molar-refractivity contribution >= 4 is 16.8 Å². The Labute approximate surface area is 118 Å². The van der Waals surface area contributed by atoms with E-state index in [0.717, 1.165) is 31.2 Å². The van der Waals surface area contributed by atoms with Gasteiger partial charge in [0.05, 0.1) is 19.6 Å². The van der Waals surface area contributed by atoms with Crippen molar-refractivity contribution in [2.45, 2.75) is 37.5 Å². The zero-order valence-electron chi connectivity index (χ0n) is 11.4. The predicted molar refractivity (Wildman–Crippen MR) is 75.2 cm³/mol. The summed E-state index contributed by atoms with van der Waals surface area (Å²) in [4.78, 5) is 12.0. The van der Waals surface area contributed by atoms with E-state index in [1.54, 1.807) is 14.2 Å². The number of hydrogen-bond acceptors (Lipinski definition) is 3. The average Bonchev–Trinajstić information content (AvgIpc) is 2.47. The molecule has 1 aliphatic rings. The van der Waals surface area contributed by atoms with Gasteiger partial charge >= 0.3 is 0 Å². The van der Waals surface area contributed by atoms with E-state index in [1.165, 1.54) is 6.42 Å². The first-order valence-electron chi connectivity index (χ1n) is 6.56. The van der Waals surface area contributed by atoms with Crippen LogP contribution in [0.4, 0.5) is 0 Å². The molecule has 2 rings (SSSR count). The molecule has 0 saturated heterocycles. The number of benzene rings is 1. The number of methoxy groups -OCH3 is 2. The zero-order chi connectivity index (χ0) is 13.9. The number of rotatable bonds is 4. The monoisotopic (exact) mass is 282 g/mol. The quantitative estimate of drug-likeness (QED) is 0.791. The second-order valence-electron chi connectivity index (χ2n) is 4.99. The highest BCUT2D eigenvalue weighted by molar-refractivity contribution is 6.65. The topological polar surface area (TPSA) is 35.5 Å². The molecule has 1 aromatic rings. The lowest BCUT2D eigenvalue weighted by Crippen LogP contribution is -2.35. The third kappa shape index (κ3) is 2.57. The standard InChI is InChI=1S/C15H19ClO3/c1-18-12-7-6-11(10-13(12)19-2)15(14(16)17)8-4-3-5-9-15/h6-7,10H,3-5,8-9H2,1-2H3. The molecular formula is C15H19ClO3. The Kier molecular flexibility index (Phi) is 4.35. The summed E-state index contributed by atoms with van der Waals surface area (Å²) in [5, 5.41) is -0.264. The van der Waals surface area contributed by atoms with E-state index in [0.29, 0.717) is 11.5 Å². The zero-order valence-corrected chi connectivity index (χ0v) is 12.1. The van der Waals surface area contributed by atoms with Crippen LogP contribution in [0.15, 0.2) is 18.2 Å². The summed E-state index contributed by atoms with van der Waals surface area (Å²) in [5.41, 5.74) is 0.379. The van der Waals surface area contributed by atoms with Crippen molar-refractivity contribution in [3.05, 3.63) is 23.8 Å². The van der Waals surface area contributed by atoms with Gasteiger partial charge in [-0.2, -0.15) is 0 Å². The Balaban J connectivity index is 2.45. The maximum Gasteiger partial charge on any atom is 0.232 e. The third-order valence-corrected chi connectivity index (χ3v) is 4.38. The molecule has 104 valence electrons. The molecule has 4 heteroatoms. The van der Waals surface area contributed by atoms with Crippen LogP contribution in [0.3, 0.4) is 0 Å². The van der Waals surface area contributed by atoms with Gasteiger partial charge in [0.1, 0.15) is 0 Å². The molecule has 0 heterocycles.